The van der Waals surface area contributed by atoms with Crippen LogP contribution in [0.2, 0.25) is 0 Å². The van der Waals surface area contributed by atoms with Crippen molar-refractivity contribution in [3.05, 3.63) is 77.1 Å². The third-order valence-electron chi connectivity index (χ3n) is 4.63. The summed E-state index contributed by atoms with van der Waals surface area (Å²) >= 11 is 0. The number of nitrogens with zero attached hydrogens (tertiary/aromatic N) is 2. The summed E-state index contributed by atoms with van der Waals surface area (Å²) in [5.41, 5.74) is 3.89. The zero-order valence-electron chi connectivity index (χ0n) is 17.4. The Hall–Kier alpha value is -3.68. The van der Waals surface area contributed by atoms with Crippen molar-refractivity contribution in [3.63, 3.8) is 0 Å². The van der Waals surface area contributed by atoms with Crippen molar-refractivity contribution >= 4 is 17.7 Å². The van der Waals surface area contributed by atoms with Gasteiger partial charge in [-0.25, -0.2) is 0 Å². The first kappa shape index (κ1) is 22.0. The van der Waals surface area contributed by atoms with Gasteiger partial charge in [-0.05, 0) is 55.3 Å². The van der Waals surface area contributed by atoms with Crippen molar-refractivity contribution in [2.75, 3.05) is 12.4 Å². The molecule has 2 aromatic carbocycles. The fraction of sp³-hybridized carbons (Fsp3) is 0.217. The van der Waals surface area contributed by atoms with E-state index in [1.165, 1.54) is 18.2 Å². The van der Waals surface area contributed by atoms with Crippen LogP contribution in [0.15, 0.2) is 54.6 Å². The molecular weight excluding hydrogens is 404 g/mol. The molecule has 3 aromatic rings. The number of halogens is 2. The SMILES string of the molecule is COc1cccc(Cn2nc(C)c(NC(=O)/C=C\c3ccc(OC(F)F)cc3)c2C)c1. The molecule has 0 radical (unpaired) electrons. The Kier molecular flexibility index (Phi) is 7.02. The zero-order chi connectivity index (χ0) is 22.4. The molecule has 162 valence electrons. The van der Waals surface area contributed by atoms with Crippen LogP contribution < -0.4 is 14.8 Å². The second-order valence-corrected chi connectivity index (χ2v) is 6.83. The van der Waals surface area contributed by atoms with Gasteiger partial charge in [-0.15, -0.1) is 0 Å². The Bertz CT molecular complexity index is 1080. The van der Waals surface area contributed by atoms with Crippen molar-refractivity contribution in [1.82, 2.24) is 9.78 Å². The van der Waals surface area contributed by atoms with E-state index in [-0.39, 0.29) is 11.7 Å². The van der Waals surface area contributed by atoms with Gasteiger partial charge in [0, 0.05) is 6.08 Å². The topological polar surface area (TPSA) is 65.4 Å². The molecule has 0 saturated heterocycles. The Morgan fingerprint density at radius 1 is 1.16 bits per heavy atom. The summed E-state index contributed by atoms with van der Waals surface area (Å²) in [6, 6.07) is 13.7. The van der Waals surface area contributed by atoms with Crippen molar-refractivity contribution in [2.45, 2.75) is 27.0 Å². The van der Waals surface area contributed by atoms with Crippen LogP contribution in [0.1, 0.15) is 22.5 Å². The maximum Gasteiger partial charge on any atom is 0.387 e. The van der Waals surface area contributed by atoms with Crippen LogP contribution in [-0.2, 0) is 11.3 Å². The van der Waals surface area contributed by atoms with Gasteiger partial charge < -0.3 is 14.8 Å². The van der Waals surface area contributed by atoms with Gasteiger partial charge >= 0.3 is 6.61 Å². The average molecular weight is 427 g/mol. The molecular formula is C23H23F2N3O3. The second kappa shape index (κ2) is 9.88. The number of carbonyl (C=O) groups excluding carboxylic acids is 1. The standard InChI is InChI=1S/C23H23F2N3O3/c1-15-22(16(2)28(27-15)14-18-5-4-6-20(13-18)30-3)26-21(29)12-9-17-7-10-19(11-8-17)31-23(24)25/h4-13,23H,14H2,1-3H3,(H,26,29)/b12-9-. The number of anilines is 1. The van der Waals surface area contributed by atoms with Crippen molar-refractivity contribution < 1.29 is 23.0 Å². The average Bonchev–Trinajstić information content (AvgIpc) is 3.00. The van der Waals surface area contributed by atoms with Crippen LogP contribution in [0, 0.1) is 13.8 Å². The third-order valence-corrected chi connectivity index (χ3v) is 4.63. The summed E-state index contributed by atoms with van der Waals surface area (Å²) in [5.74, 6) is 0.512. The number of aromatic nitrogens is 2. The number of methoxy groups -OCH3 is 1. The van der Waals surface area contributed by atoms with Crippen LogP contribution in [0.5, 0.6) is 11.5 Å². The first-order valence-corrected chi connectivity index (χ1v) is 9.56. The van der Waals surface area contributed by atoms with Gasteiger partial charge in [-0.1, -0.05) is 24.3 Å². The Morgan fingerprint density at radius 3 is 2.58 bits per heavy atom. The van der Waals surface area contributed by atoms with Gasteiger partial charge in [0.25, 0.3) is 0 Å². The van der Waals surface area contributed by atoms with Crippen LogP contribution in [-0.4, -0.2) is 29.4 Å². The quantitative estimate of drug-likeness (QED) is 0.524. The normalized spacial score (nSPS) is 11.2. The van der Waals surface area contributed by atoms with Crippen LogP contribution in [0.3, 0.4) is 0 Å². The number of ether oxygens (including phenoxy) is 2. The smallest absolute Gasteiger partial charge is 0.387 e. The molecule has 31 heavy (non-hydrogen) atoms. The number of nitrogens with one attached hydrogen (secondary N) is 1. The first-order chi connectivity index (χ1) is 14.9. The summed E-state index contributed by atoms with van der Waals surface area (Å²) in [6.45, 7) is 1.39. The van der Waals surface area contributed by atoms with Crippen molar-refractivity contribution in [3.8, 4) is 11.5 Å². The Labute approximate surface area is 179 Å². The van der Waals surface area contributed by atoms with Crippen molar-refractivity contribution in [2.24, 2.45) is 0 Å². The number of aryl methyl sites for hydroxylation is 1. The van der Waals surface area contributed by atoms with E-state index in [0.29, 0.717) is 23.5 Å². The van der Waals surface area contributed by atoms with Gasteiger partial charge in [0.2, 0.25) is 5.91 Å². The highest BCUT2D eigenvalue weighted by Gasteiger charge is 2.13. The van der Waals surface area contributed by atoms with E-state index < -0.39 is 6.61 Å². The molecule has 0 fully saturated rings. The third kappa shape index (κ3) is 5.91. The molecule has 1 N–H and O–H groups in total. The van der Waals surface area contributed by atoms with Gasteiger partial charge in [-0.2, -0.15) is 13.9 Å². The van der Waals surface area contributed by atoms with Gasteiger partial charge in [0.05, 0.1) is 30.7 Å². The maximum absolute atomic E-state index is 12.4. The molecule has 8 heteroatoms. The molecule has 0 aliphatic heterocycles. The number of hydrogen-bond donors (Lipinski definition) is 1. The summed E-state index contributed by atoms with van der Waals surface area (Å²) in [4.78, 5) is 12.4. The van der Waals surface area contributed by atoms with Gasteiger partial charge in [0.15, 0.2) is 0 Å². The molecule has 0 aliphatic rings. The predicted molar refractivity (Wildman–Crippen MR) is 115 cm³/mol. The lowest BCUT2D eigenvalue weighted by atomic mass is 10.2. The largest absolute Gasteiger partial charge is 0.497 e. The zero-order valence-corrected chi connectivity index (χ0v) is 17.4. The van der Waals surface area contributed by atoms with Crippen LogP contribution >= 0.6 is 0 Å². The molecule has 0 unspecified atom stereocenters. The lowest BCUT2D eigenvalue weighted by Crippen LogP contribution is -2.10. The lowest BCUT2D eigenvalue weighted by Gasteiger charge is -2.07. The van der Waals surface area contributed by atoms with E-state index in [4.69, 9.17) is 4.74 Å². The molecule has 1 heterocycles. The van der Waals surface area contributed by atoms with E-state index in [0.717, 1.165) is 17.0 Å². The summed E-state index contributed by atoms with van der Waals surface area (Å²) in [6.07, 6.45) is 2.97. The molecule has 0 spiro atoms. The Balaban J connectivity index is 1.66. The highest BCUT2D eigenvalue weighted by atomic mass is 19.3. The van der Waals surface area contributed by atoms with Crippen LogP contribution in [0.4, 0.5) is 14.5 Å². The summed E-state index contributed by atoms with van der Waals surface area (Å²) in [5, 5.41) is 7.38. The molecule has 1 aromatic heterocycles. The number of amides is 1. The van der Waals surface area contributed by atoms with Gasteiger partial charge in [0.1, 0.15) is 11.5 Å². The molecule has 0 bridgehead atoms. The molecule has 6 nitrogen and oxygen atoms in total. The first-order valence-electron chi connectivity index (χ1n) is 9.56. The Morgan fingerprint density at radius 2 is 1.90 bits per heavy atom. The minimum atomic E-state index is -2.87. The highest BCUT2D eigenvalue weighted by Crippen LogP contribution is 2.22. The second-order valence-electron chi connectivity index (χ2n) is 6.83. The van der Waals surface area contributed by atoms with E-state index in [2.05, 4.69) is 15.2 Å². The lowest BCUT2D eigenvalue weighted by molar-refractivity contribution is -0.111. The van der Waals surface area contributed by atoms with E-state index in [1.54, 1.807) is 25.3 Å². The number of rotatable bonds is 8. The van der Waals surface area contributed by atoms with Crippen molar-refractivity contribution in [1.29, 1.82) is 0 Å². The molecule has 0 aliphatic carbocycles. The maximum atomic E-state index is 12.4. The molecule has 3 rings (SSSR count). The monoisotopic (exact) mass is 427 g/mol. The summed E-state index contributed by atoms with van der Waals surface area (Å²) in [7, 11) is 1.62. The van der Waals surface area contributed by atoms with E-state index >= 15 is 0 Å². The molecule has 0 saturated carbocycles. The fourth-order valence-corrected chi connectivity index (χ4v) is 3.07. The minimum absolute atomic E-state index is 0.0614. The number of carbonyl (C=O) groups is 1. The number of benzene rings is 2. The molecule has 1 amide bonds. The van der Waals surface area contributed by atoms with E-state index in [1.807, 2.05) is 42.8 Å². The predicted octanol–water partition coefficient (Wildman–Crippen LogP) is 4.81. The van der Waals surface area contributed by atoms with E-state index in [9.17, 15) is 13.6 Å². The van der Waals surface area contributed by atoms with Crippen LogP contribution in [0.25, 0.3) is 6.08 Å². The van der Waals surface area contributed by atoms with Gasteiger partial charge in [-0.3, -0.25) is 9.48 Å². The summed E-state index contributed by atoms with van der Waals surface area (Å²) < 4.78 is 35.8. The number of hydrogen-bond acceptors (Lipinski definition) is 4. The fourth-order valence-electron chi connectivity index (χ4n) is 3.07. The molecule has 0 atom stereocenters. The highest BCUT2D eigenvalue weighted by molar-refractivity contribution is 6.02. The number of alkyl halides is 2. The minimum Gasteiger partial charge on any atom is -0.497 e.